The van der Waals surface area contributed by atoms with Gasteiger partial charge in [0.25, 0.3) is 0 Å². The van der Waals surface area contributed by atoms with Gasteiger partial charge in [-0.15, -0.1) is 11.3 Å². The predicted molar refractivity (Wildman–Crippen MR) is 77.0 cm³/mol. The van der Waals surface area contributed by atoms with Gasteiger partial charge in [-0.3, -0.25) is 9.78 Å². The first-order valence-corrected chi connectivity index (χ1v) is 7.42. The van der Waals surface area contributed by atoms with Crippen LogP contribution in [0.25, 0.3) is 0 Å². The maximum Gasteiger partial charge on any atom is 0.169 e. The van der Waals surface area contributed by atoms with E-state index in [0.717, 1.165) is 13.1 Å². The van der Waals surface area contributed by atoms with E-state index in [-0.39, 0.29) is 12.2 Å². The molecule has 0 radical (unpaired) electrons. The van der Waals surface area contributed by atoms with Crippen LogP contribution in [-0.4, -0.2) is 10.8 Å². The molecule has 2 nitrogen and oxygen atoms in total. The molecule has 0 aromatic carbocycles. The first kappa shape index (κ1) is 13.2. The number of Topliss-reactive ketones (excluding diaryl/α,β-unsaturated/α-hetero) is 1. The topological polar surface area (TPSA) is 30.0 Å². The summed E-state index contributed by atoms with van der Waals surface area (Å²) in [5.74, 6) is 0.0342. The van der Waals surface area contributed by atoms with E-state index in [1.807, 2.05) is 6.07 Å². The minimum atomic E-state index is 0.0342. The fourth-order valence-corrected chi connectivity index (χ4v) is 4.39. The summed E-state index contributed by atoms with van der Waals surface area (Å²) >= 11 is 14.2. The lowest BCUT2D eigenvalue weighted by Gasteiger charge is -2.02. The van der Waals surface area contributed by atoms with E-state index in [9.17, 15) is 4.79 Å². The van der Waals surface area contributed by atoms with Gasteiger partial charge in [0.05, 0.1) is 12.6 Å². The Balaban J connectivity index is 2.23. The van der Waals surface area contributed by atoms with Crippen LogP contribution in [0.1, 0.15) is 15.9 Å². The Morgan fingerprint density at radius 2 is 2.24 bits per heavy atom. The minimum Gasteiger partial charge on any atom is -0.294 e. The van der Waals surface area contributed by atoms with Crippen molar-refractivity contribution in [2.45, 2.75) is 6.42 Å². The molecule has 17 heavy (non-hydrogen) atoms. The van der Waals surface area contributed by atoms with Gasteiger partial charge >= 0.3 is 0 Å². The average Bonchev–Trinajstić information content (AvgIpc) is 2.61. The van der Waals surface area contributed by atoms with Crippen LogP contribution in [0.5, 0.6) is 0 Å². The molecule has 0 aliphatic heterocycles. The molecule has 0 atom stereocenters. The number of pyridine rings is 1. The predicted octanol–water partition coefficient (Wildman–Crippen LogP) is 4.75. The lowest BCUT2D eigenvalue weighted by atomic mass is 10.1. The van der Waals surface area contributed by atoms with Crippen molar-refractivity contribution in [2.75, 3.05) is 0 Å². The molecular weight excluding hydrogens is 389 g/mol. The van der Waals surface area contributed by atoms with E-state index in [2.05, 4.69) is 36.8 Å². The number of aromatic nitrogens is 1. The van der Waals surface area contributed by atoms with Crippen molar-refractivity contribution in [2.24, 2.45) is 0 Å². The number of nitrogens with zero attached hydrogens (tertiary/aromatic N) is 1. The highest BCUT2D eigenvalue weighted by Crippen LogP contribution is 2.32. The van der Waals surface area contributed by atoms with Gasteiger partial charge < -0.3 is 0 Å². The van der Waals surface area contributed by atoms with Gasteiger partial charge in [-0.1, -0.05) is 11.6 Å². The Hall–Kier alpha value is -0.230. The maximum absolute atomic E-state index is 12.1. The van der Waals surface area contributed by atoms with Crippen LogP contribution in [0, 0.1) is 0 Å². The summed E-state index contributed by atoms with van der Waals surface area (Å²) in [7, 11) is 0. The first-order chi connectivity index (χ1) is 8.08. The largest absolute Gasteiger partial charge is 0.294 e. The molecule has 0 unspecified atom stereocenters. The zero-order chi connectivity index (χ0) is 12.4. The summed E-state index contributed by atoms with van der Waals surface area (Å²) in [5, 5.41) is 0.520. The van der Waals surface area contributed by atoms with Crippen LogP contribution in [0.15, 0.2) is 32.1 Å². The highest BCUT2D eigenvalue weighted by molar-refractivity contribution is 9.12. The first-order valence-electron chi connectivity index (χ1n) is 4.64. The van der Waals surface area contributed by atoms with Crippen LogP contribution in [0.3, 0.4) is 0 Å². The molecule has 2 aromatic rings. The second kappa shape index (κ2) is 5.61. The second-order valence-corrected chi connectivity index (χ2v) is 7.46. The van der Waals surface area contributed by atoms with Crippen molar-refractivity contribution >= 4 is 60.6 Å². The minimum absolute atomic E-state index is 0.0342. The van der Waals surface area contributed by atoms with Crippen LogP contribution in [-0.2, 0) is 6.42 Å². The van der Waals surface area contributed by atoms with Gasteiger partial charge in [-0.2, -0.15) is 0 Å². The molecular formula is C11H6Br2ClNOS. The van der Waals surface area contributed by atoms with Crippen molar-refractivity contribution in [3.8, 4) is 0 Å². The summed E-state index contributed by atoms with van der Waals surface area (Å²) in [6.07, 6.45) is 3.46. The number of carbonyl (C=O) groups is 1. The van der Waals surface area contributed by atoms with E-state index < -0.39 is 0 Å². The molecule has 0 fully saturated rings. The third kappa shape index (κ3) is 3.16. The zero-order valence-corrected chi connectivity index (χ0v) is 13.2. The molecule has 0 N–H and O–H groups in total. The lowest BCUT2D eigenvalue weighted by molar-refractivity contribution is 0.0992. The van der Waals surface area contributed by atoms with Gasteiger partial charge in [-0.05, 0) is 49.6 Å². The molecule has 0 saturated carbocycles. The van der Waals surface area contributed by atoms with Gasteiger partial charge in [-0.25, -0.2) is 0 Å². The Labute approximate surface area is 124 Å². The summed E-state index contributed by atoms with van der Waals surface area (Å²) in [6.45, 7) is 0. The van der Waals surface area contributed by atoms with Crippen molar-refractivity contribution in [1.29, 1.82) is 0 Å². The molecule has 0 bridgehead atoms. The second-order valence-electron chi connectivity index (χ2n) is 3.30. The summed E-state index contributed by atoms with van der Waals surface area (Å²) in [4.78, 5) is 16.0. The van der Waals surface area contributed by atoms with Gasteiger partial charge in [0.1, 0.15) is 0 Å². The highest BCUT2D eigenvalue weighted by Gasteiger charge is 2.15. The summed E-state index contributed by atoms with van der Waals surface area (Å²) in [5.41, 5.74) is 1.47. The Morgan fingerprint density at radius 1 is 1.47 bits per heavy atom. The SMILES string of the molecule is O=C(Cc1ccncc1Cl)c1cc(Br)sc1Br. The van der Waals surface area contributed by atoms with E-state index in [0.29, 0.717) is 10.6 Å². The van der Waals surface area contributed by atoms with Gasteiger partial charge in [0.15, 0.2) is 5.78 Å². The molecule has 0 aliphatic rings. The number of hydrogen-bond acceptors (Lipinski definition) is 3. The normalized spacial score (nSPS) is 10.5. The third-order valence-corrected chi connectivity index (χ3v) is 4.84. The van der Waals surface area contributed by atoms with Crippen molar-refractivity contribution in [1.82, 2.24) is 4.98 Å². The smallest absolute Gasteiger partial charge is 0.169 e. The summed E-state index contributed by atoms with van der Waals surface area (Å²) in [6, 6.07) is 3.57. The van der Waals surface area contributed by atoms with Crippen LogP contribution < -0.4 is 0 Å². The molecule has 0 saturated heterocycles. The maximum atomic E-state index is 12.1. The molecule has 2 heterocycles. The van der Waals surface area contributed by atoms with E-state index >= 15 is 0 Å². The number of ketones is 1. The highest BCUT2D eigenvalue weighted by atomic mass is 79.9. The summed E-state index contributed by atoms with van der Waals surface area (Å²) < 4.78 is 1.76. The number of rotatable bonds is 3. The molecule has 6 heteroatoms. The molecule has 0 aliphatic carbocycles. The van der Waals surface area contributed by atoms with Crippen molar-refractivity contribution < 1.29 is 4.79 Å². The molecule has 0 amide bonds. The van der Waals surface area contributed by atoms with Crippen LogP contribution >= 0.6 is 54.8 Å². The number of carbonyl (C=O) groups excluding carboxylic acids is 1. The van der Waals surface area contributed by atoms with E-state index in [1.54, 1.807) is 18.5 Å². The van der Waals surface area contributed by atoms with Crippen LogP contribution in [0.4, 0.5) is 0 Å². The average molecular weight is 396 g/mol. The molecule has 2 rings (SSSR count). The quantitative estimate of drug-likeness (QED) is 0.702. The van der Waals surface area contributed by atoms with Gasteiger partial charge in [0, 0.05) is 24.4 Å². The molecule has 0 spiro atoms. The molecule has 88 valence electrons. The molecule has 2 aromatic heterocycles. The Bertz CT molecular complexity index is 570. The Morgan fingerprint density at radius 3 is 2.82 bits per heavy atom. The Kier molecular flexibility index (Phi) is 4.36. The monoisotopic (exact) mass is 393 g/mol. The van der Waals surface area contributed by atoms with Crippen LogP contribution in [0.2, 0.25) is 5.02 Å². The van der Waals surface area contributed by atoms with Crippen molar-refractivity contribution in [3.63, 3.8) is 0 Å². The number of halogens is 3. The lowest BCUT2D eigenvalue weighted by Crippen LogP contribution is -2.03. The number of thiophene rings is 1. The van der Waals surface area contributed by atoms with Crippen molar-refractivity contribution in [3.05, 3.63) is 48.2 Å². The zero-order valence-electron chi connectivity index (χ0n) is 8.41. The van der Waals surface area contributed by atoms with E-state index in [1.165, 1.54) is 11.3 Å². The standard InChI is InChI=1S/C11H6Br2ClNOS/c12-10-4-7(11(13)17-10)9(16)3-6-1-2-15-5-8(6)14/h1-2,4-5H,3H2. The third-order valence-electron chi connectivity index (χ3n) is 2.16. The van der Waals surface area contributed by atoms with E-state index in [4.69, 9.17) is 11.6 Å². The fraction of sp³-hybridized carbons (Fsp3) is 0.0909. The number of hydrogen-bond donors (Lipinski definition) is 0. The fourth-order valence-electron chi connectivity index (χ4n) is 1.35. The van der Waals surface area contributed by atoms with Gasteiger partial charge in [0.2, 0.25) is 0 Å².